The molecule has 1 saturated carbocycles. The van der Waals surface area contributed by atoms with E-state index in [-0.39, 0.29) is 5.54 Å². The maximum absolute atomic E-state index is 4.48. The van der Waals surface area contributed by atoms with Crippen molar-refractivity contribution in [2.75, 3.05) is 0 Å². The molecule has 0 saturated heterocycles. The highest BCUT2D eigenvalue weighted by Crippen LogP contribution is 2.32. The Morgan fingerprint density at radius 1 is 1.56 bits per heavy atom. The number of nitrogens with zero attached hydrogens (tertiary/aromatic N) is 1. The first-order chi connectivity index (χ1) is 7.65. The van der Waals surface area contributed by atoms with E-state index in [0.29, 0.717) is 6.04 Å². The van der Waals surface area contributed by atoms with Gasteiger partial charge >= 0.3 is 0 Å². The van der Waals surface area contributed by atoms with E-state index in [1.807, 2.05) is 6.20 Å². The summed E-state index contributed by atoms with van der Waals surface area (Å²) in [6.07, 6.45) is 7.07. The van der Waals surface area contributed by atoms with Crippen molar-refractivity contribution >= 4 is 11.3 Å². The Bertz CT molecular complexity index is 323. The molecule has 1 fully saturated rings. The number of hydrogen-bond acceptors (Lipinski definition) is 3. The highest BCUT2D eigenvalue weighted by molar-refractivity contribution is 7.09. The topological polar surface area (TPSA) is 24.9 Å². The largest absolute Gasteiger partial charge is 0.303 e. The molecule has 1 aliphatic rings. The molecule has 2 rings (SSSR count). The molecule has 0 aliphatic heterocycles. The van der Waals surface area contributed by atoms with Gasteiger partial charge in [-0.2, -0.15) is 0 Å². The fraction of sp³-hybridized carbons (Fsp3) is 0.769. The Morgan fingerprint density at radius 2 is 2.38 bits per heavy atom. The van der Waals surface area contributed by atoms with E-state index in [4.69, 9.17) is 0 Å². The molecule has 3 heteroatoms. The second kappa shape index (κ2) is 4.84. The van der Waals surface area contributed by atoms with Crippen molar-refractivity contribution in [2.24, 2.45) is 5.92 Å². The molecule has 16 heavy (non-hydrogen) atoms. The van der Waals surface area contributed by atoms with Crippen molar-refractivity contribution in [1.29, 1.82) is 0 Å². The van der Waals surface area contributed by atoms with Gasteiger partial charge in [0.25, 0.3) is 0 Å². The second-order valence-electron chi connectivity index (χ2n) is 5.18. The molecule has 0 radical (unpaired) electrons. The Labute approximate surface area is 102 Å². The summed E-state index contributed by atoms with van der Waals surface area (Å²) in [4.78, 5) is 4.48. The van der Waals surface area contributed by atoms with Crippen LogP contribution in [0.4, 0.5) is 0 Å². The smallest absolute Gasteiger partial charge is 0.112 e. The molecular weight excluding hydrogens is 216 g/mol. The van der Waals surface area contributed by atoms with Crippen LogP contribution in [0.2, 0.25) is 0 Å². The standard InChI is InChI=1S/C13H22N2S/c1-4-13(3,12-14-8-9-16-12)15-11-7-5-6-10(11)2/h8-11,15H,4-7H2,1-3H3. The molecule has 1 heterocycles. The average Bonchev–Trinajstić information content (AvgIpc) is 2.91. The molecule has 0 aromatic carbocycles. The molecule has 1 aromatic heterocycles. The summed E-state index contributed by atoms with van der Waals surface area (Å²) in [6, 6.07) is 0.675. The predicted molar refractivity (Wildman–Crippen MR) is 69.7 cm³/mol. The van der Waals surface area contributed by atoms with E-state index in [1.54, 1.807) is 11.3 Å². The van der Waals surface area contributed by atoms with Gasteiger partial charge in [0, 0.05) is 17.6 Å². The van der Waals surface area contributed by atoms with Gasteiger partial charge in [-0.1, -0.05) is 20.3 Å². The first-order valence-corrected chi connectivity index (χ1v) is 7.21. The Hall–Kier alpha value is -0.410. The molecule has 0 amide bonds. The van der Waals surface area contributed by atoms with Crippen LogP contribution in [-0.4, -0.2) is 11.0 Å². The van der Waals surface area contributed by atoms with E-state index in [9.17, 15) is 0 Å². The van der Waals surface area contributed by atoms with Crippen LogP contribution in [0.15, 0.2) is 11.6 Å². The van der Waals surface area contributed by atoms with Crippen LogP contribution in [-0.2, 0) is 5.54 Å². The van der Waals surface area contributed by atoms with Gasteiger partial charge in [-0.15, -0.1) is 11.3 Å². The van der Waals surface area contributed by atoms with Crippen molar-refractivity contribution in [3.05, 3.63) is 16.6 Å². The highest BCUT2D eigenvalue weighted by Gasteiger charge is 2.33. The van der Waals surface area contributed by atoms with Crippen LogP contribution >= 0.6 is 11.3 Å². The van der Waals surface area contributed by atoms with Gasteiger partial charge in [0.2, 0.25) is 0 Å². The van der Waals surface area contributed by atoms with Crippen molar-refractivity contribution < 1.29 is 0 Å². The Kier molecular flexibility index (Phi) is 3.65. The summed E-state index contributed by atoms with van der Waals surface area (Å²) in [5.41, 5.74) is 0.0669. The minimum absolute atomic E-state index is 0.0669. The Morgan fingerprint density at radius 3 is 2.88 bits per heavy atom. The zero-order chi connectivity index (χ0) is 11.6. The number of rotatable bonds is 4. The summed E-state index contributed by atoms with van der Waals surface area (Å²) in [5, 5.41) is 7.15. The molecule has 1 aliphatic carbocycles. The molecule has 3 atom stereocenters. The van der Waals surface area contributed by atoms with Crippen molar-refractivity contribution in [3.63, 3.8) is 0 Å². The lowest BCUT2D eigenvalue weighted by molar-refractivity contribution is 0.274. The number of thiazole rings is 1. The van der Waals surface area contributed by atoms with Crippen molar-refractivity contribution in [1.82, 2.24) is 10.3 Å². The predicted octanol–water partition coefficient (Wildman–Crippen LogP) is 3.55. The zero-order valence-corrected chi connectivity index (χ0v) is 11.3. The first-order valence-electron chi connectivity index (χ1n) is 6.33. The second-order valence-corrected chi connectivity index (χ2v) is 6.08. The van der Waals surface area contributed by atoms with E-state index >= 15 is 0 Å². The van der Waals surface area contributed by atoms with Crippen LogP contribution in [0.1, 0.15) is 51.5 Å². The SMILES string of the molecule is CCC(C)(NC1CCCC1C)c1nccs1. The molecule has 90 valence electrons. The molecular formula is C13H22N2S. The van der Waals surface area contributed by atoms with E-state index in [0.717, 1.165) is 12.3 Å². The quantitative estimate of drug-likeness (QED) is 0.867. The monoisotopic (exact) mass is 238 g/mol. The van der Waals surface area contributed by atoms with Crippen LogP contribution in [0.5, 0.6) is 0 Å². The fourth-order valence-electron chi connectivity index (χ4n) is 2.58. The lowest BCUT2D eigenvalue weighted by Crippen LogP contribution is -2.46. The first kappa shape index (κ1) is 12.1. The number of nitrogens with one attached hydrogen (secondary N) is 1. The highest BCUT2D eigenvalue weighted by atomic mass is 32.1. The van der Waals surface area contributed by atoms with Crippen LogP contribution in [0.25, 0.3) is 0 Å². The van der Waals surface area contributed by atoms with Gasteiger partial charge in [0.1, 0.15) is 5.01 Å². The molecule has 1 aromatic rings. The summed E-state index contributed by atoms with van der Waals surface area (Å²) >= 11 is 1.77. The third-order valence-electron chi connectivity index (χ3n) is 3.98. The fourth-order valence-corrected chi connectivity index (χ4v) is 3.42. The average molecular weight is 238 g/mol. The molecule has 0 spiro atoms. The van der Waals surface area contributed by atoms with E-state index < -0.39 is 0 Å². The molecule has 1 N–H and O–H groups in total. The van der Waals surface area contributed by atoms with Gasteiger partial charge in [-0.25, -0.2) is 4.98 Å². The van der Waals surface area contributed by atoms with Gasteiger partial charge in [0.15, 0.2) is 0 Å². The van der Waals surface area contributed by atoms with Gasteiger partial charge in [-0.3, -0.25) is 0 Å². The normalized spacial score (nSPS) is 29.2. The summed E-state index contributed by atoms with van der Waals surface area (Å²) in [7, 11) is 0. The maximum Gasteiger partial charge on any atom is 0.112 e. The zero-order valence-electron chi connectivity index (χ0n) is 10.5. The van der Waals surface area contributed by atoms with E-state index in [2.05, 4.69) is 36.5 Å². The van der Waals surface area contributed by atoms with Gasteiger partial charge < -0.3 is 5.32 Å². The summed E-state index contributed by atoms with van der Waals surface area (Å²) in [5.74, 6) is 0.811. The van der Waals surface area contributed by atoms with E-state index in [1.165, 1.54) is 24.3 Å². The van der Waals surface area contributed by atoms with Crippen molar-refractivity contribution in [2.45, 2.75) is 58.0 Å². The van der Waals surface area contributed by atoms with Crippen molar-refractivity contribution in [3.8, 4) is 0 Å². The van der Waals surface area contributed by atoms with Crippen LogP contribution in [0.3, 0.4) is 0 Å². The molecule has 3 unspecified atom stereocenters. The summed E-state index contributed by atoms with van der Waals surface area (Å²) in [6.45, 7) is 6.90. The van der Waals surface area contributed by atoms with Crippen LogP contribution < -0.4 is 5.32 Å². The molecule has 2 nitrogen and oxygen atoms in total. The van der Waals surface area contributed by atoms with Crippen LogP contribution in [0, 0.1) is 5.92 Å². The Balaban J connectivity index is 2.10. The van der Waals surface area contributed by atoms with Gasteiger partial charge in [0.05, 0.1) is 5.54 Å². The molecule has 0 bridgehead atoms. The minimum atomic E-state index is 0.0669. The third-order valence-corrected chi connectivity index (χ3v) is 5.01. The summed E-state index contributed by atoms with van der Waals surface area (Å²) < 4.78 is 0. The minimum Gasteiger partial charge on any atom is -0.303 e. The lowest BCUT2D eigenvalue weighted by Gasteiger charge is -2.33. The number of hydrogen-bond donors (Lipinski definition) is 1. The third kappa shape index (κ3) is 2.30. The lowest BCUT2D eigenvalue weighted by atomic mass is 9.95. The number of aromatic nitrogens is 1. The van der Waals surface area contributed by atoms with Gasteiger partial charge in [-0.05, 0) is 32.1 Å². The maximum atomic E-state index is 4.48.